The summed E-state index contributed by atoms with van der Waals surface area (Å²) >= 11 is 0. The predicted molar refractivity (Wildman–Crippen MR) is 129 cm³/mol. The number of carbonyl (C=O) groups is 3. The smallest absolute Gasteiger partial charge is 0.387 e. The zero-order valence-corrected chi connectivity index (χ0v) is 19.9. The molecule has 2 aromatic carbocycles. The molecule has 0 atom stereocenters. The zero-order valence-electron chi connectivity index (χ0n) is 19.9. The van der Waals surface area contributed by atoms with Gasteiger partial charge in [-0.25, -0.2) is 13.9 Å². The number of halogens is 3. The molecule has 0 spiro atoms. The summed E-state index contributed by atoms with van der Waals surface area (Å²) in [4.78, 5) is 41.4. The molecule has 3 N–H and O–H groups in total. The number of benzene rings is 2. The van der Waals surface area contributed by atoms with Crippen molar-refractivity contribution in [1.29, 1.82) is 0 Å². The van der Waals surface area contributed by atoms with Crippen molar-refractivity contribution in [1.82, 2.24) is 25.2 Å². The lowest BCUT2D eigenvalue weighted by molar-refractivity contribution is -0.118. The molecule has 3 amide bonds. The Kier molecular flexibility index (Phi) is 6.99. The molecule has 1 aliphatic rings. The van der Waals surface area contributed by atoms with E-state index in [1.807, 2.05) is 0 Å². The lowest BCUT2D eigenvalue weighted by Gasteiger charge is -2.18. The molecule has 5 rings (SSSR count). The summed E-state index contributed by atoms with van der Waals surface area (Å²) in [5, 5.41) is 11.7. The molecule has 14 heteroatoms. The number of hydrogen-bond donors (Lipinski definition) is 3. The number of ether oxygens (including phenoxy) is 2. The topological polar surface area (TPSA) is 136 Å². The molecule has 0 aliphatic carbocycles. The van der Waals surface area contributed by atoms with Gasteiger partial charge in [0.05, 0.1) is 11.9 Å². The average Bonchev–Trinajstić information content (AvgIpc) is 3.29. The lowest BCUT2D eigenvalue weighted by atomic mass is 10.1. The fourth-order valence-electron chi connectivity index (χ4n) is 3.83. The maximum absolute atomic E-state index is 14.3. The van der Waals surface area contributed by atoms with Crippen LogP contribution >= 0.6 is 0 Å². The normalized spacial score (nSPS) is 12.5. The van der Waals surface area contributed by atoms with Gasteiger partial charge in [-0.3, -0.25) is 14.4 Å². The van der Waals surface area contributed by atoms with E-state index in [9.17, 15) is 27.6 Å². The first kappa shape index (κ1) is 25.5. The first-order chi connectivity index (χ1) is 18.8. The molecule has 11 nitrogen and oxygen atoms in total. The van der Waals surface area contributed by atoms with E-state index in [0.29, 0.717) is 22.6 Å². The largest absolute Gasteiger partial charge is 0.482 e. The van der Waals surface area contributed by atoms with Gasteiger partial charge >= 0.3 is 6.61 Å². The van der Waals surface area contributed by atoms with Gasteiger partial charge in [-0.05, 0) is 35.4 Å². The molecule has 0 saturated heterocycles. The van der Waals surface area contributed by atoms with Gasteiger partial charge in [0.25, 0.3) is 17.7 Å². The molecule has 2 aromatic heterocycles. The quantitative estimate of drug-likeness (QED) is 0.313. The fraction of sp³-hybridized carbons (Fsp3) is 0.160. The number of fused-ring (bicyclic) bond motifs is 2. The molecular weight excluding hydrogens is 521 g/mol. The molecule has 0 unspecified atom stereocenters. The maximum atomic E-state index is 14.3. The van der Waals surface area contributed by atoms with Crippen molar-refractivity contribution in [2.45, 2.75) is 19.7 Å². The molecule has 0 fully saturated rings. The summed E-state index contributed by atoms with van der Waals surface area (Å²) in [7, 11) is 0. The minimum Gasteiger partial charge on any atom is -0.482 e. The molecule has 0 bridgehead atoms. The molecule has 3 heterocycles. The Bertz CT molecular complexity index is 1590. The van der Waals surface area contributed by atoms with Crippen LogP contribution in [0.3, 0.4) is 0 Å². The van der Waals surface area contributed by atoms with E-state index in [1.54, 1.807) is 24.3 Å². The number of aromatic nitrogens is 3. The SMILES string of the molecule is O=C1COc2ccc(CNC(=O)c3cc(C(=O)NCc4cccc(OC(F)F)c4)n4ncc(F)c4n3)cc2N1. The number of alkyl halides is 2. The van der Waals surface area contributed by atoms with E-state index in [1.165, 1.54) is 18.2 Å². The third-order valence-corrected chi connectivity index (χ3v) is 5.60. The predicted octanol–water partition coefficient (Wildman–Crippen LogP) is 2.66. The Labute approximate surface area is 217 Å². The van der Waals surface area contributed by atoms with Crippen LogP contribution < -0.4 is 25.4 Å². The van der Waals surface area contributed by atoms with E-state index in [2.05, 4.69) is 30.8 Å². The van der Waals surface area contributed by atoms with E-state index in [-0.39, 0.29) is 48.4 Å². The number of hydrogen-bond acceptors (Lipinski definition) is 7. The molecular formula is C25H19F3N6O5. The van der Waals surface area contributed by atoms with Crippen LogP contribution in [0.15, 0.2) is 54.7 Å². The van der Waals surface area contributed by atoms with Gasteiger partial charge < -0.3 is 25.4 Å². The highest BCUT2D eigenvalue weighted by Crippen LogP contribution is 2.28. The van der Waals surface area contributed by atoms with Gasteiger partial charge in [0.2, 0.25) is 0 Å². The number of rotatable bonds is 8. The van der Waals surface area contributed by atoms with Crippen LogP contribution in [0.5, 0.6) is 11.5 Å². The Balaban J connectivity index is 1.32. The van der Waals surface area contributed by atoms with E-state index < -0.39 is 24.2 Å². The van der Waals surface area contributed by atoms with Gasteiger partial charge in [0, 0.05) is 19.2 Å². The van der Waals surface area contributed by atoms with Crippen molar-refractivity contribution in [2.24, 2.45) is 0 Å². The van der Waals surface area contributed by atoms with Crippen molar-refractivity contribution in [3.05, 3.63) is 83.1 Å². The van der Waals surface area contributed by atoms with E-state index in [4.69, 9.17) is 4.74 Å². The molecule has 0 saturated carbocycles. The Morgan fingerprint density at radius 1 is 1.08 bits per heavy atom. The van der Waals surface area contributed by atoms with E-state index >= 15 is 0 Å². The van der Waals surface area contributed by atoms with Crippen molar-refractivity contribution in [3.63, 3.8) is 0 Å². The Morgan fingerprint density at radius 2 is 1.85 bits per heavy atom. The zero-order chi connectivity index (χ0) is 27.5. The highest BCUT2D eigenvalue weighted by atomic mass is 19.3. The molecule has 4 aromatic rings. The Hall–Kier alpha value is -5.14. The van der Waals surface area contributed by atoms with Gasteiger partial charge in [-0.2, -0.15) is 13.9 Å². The number of carbonyl (C=O) groups excluding carboxylic acids is 3. The minimum absolute atomic E-state index is 0.0369. The summed E-state index contributed by atoms with van der Waals surface area (Å²) in [6, 6.07) is 11.9. The van der Waals surface area contributed by atoms with Gasteiger partial charge in [0.1, 0.15) is 22.9 Å². The Morgan fingerprint density at radius 3 is 2.64 bits per heavy atom. The van der Waals surface area contributed by atoms with Crippen LogP contribution in [0, 0.1) is 5.82 Å². The monoisotopic (exact) mass is 540 g/mol. The maximum Gasteiger partial charge on any atom is 0.387 e. The van der Waals surface area contributed by atoms with E-state index in [0.717, 1.165) is 16.8 Å². The summed E-state index contributed by atoms with van der Waals surface area (Å²) < 4.78 is 49.9. The number of nitrogens with one attached hydrogen (secondary N) is 3. The van der Waals surface area contributed by atoms with Crippen molar-refractivity contribution in [2.75, 3.05) is 11.9 Å². The second-order valence-electron chi connectivity index (χ2n) is 8.31. The molecule has 1 aliphatic heterocycles. The minimum atomic E-state index is -3.00. The summed E-state index contributed by atoms with van der Waals surface area (Å²) in [5.41, 5.74) is 0.804. The van der Waals surface area contributed by atoms with Crippen LogP contribution in [-0.4, -0.2) is 45.5 Å². The summed E-state index contributed by atoms with van der Waals surface area (Å²) in [5.74, 6) is -2.14. The molecule has 200 valence electrons. The second-order valence-corrected chi connectivity index (χ2v) is 8.31. The first-order valence-corrected chi connectivity index (χ1v) is 11.5. The number of nitrogens with zero attached hydrogens (tertiary/aromatic N) is 3. The van der Waals surface area contributed by atoms with Gasteiger partial charge in [0.15, 0.2) is 18.1 Å². The third-order valence-electron chi connectivity index (χ3n) is 5.60. The molecule has 39 heavy (non-hydrogen) atoms. The summed E-state index contributed by atoms with van der Waals surface area (Å²) in [6.45, 7) is -3.12. The van der Waals surface area contributed by atoms with Crippen molar-refractivity contribution in [3.8, 4) is 11.5 Å². The number of anilines is 1. The number of amides is 3. The van der Waals surface area contributed by atoms with Crippen molar-refractivity contribution >= 4 is 29.1 Å². The highest BCUT2D eigenvalue weighted by Gasteiger charge is 2.21. The van der Waals surface area contributed by atoms with Crippen molar-refractivity contribution < 1.29 is 37.0 Å². The standard InChI is InChI=1S/C25H19F3N6O5/c26-16-11-31-34-19(24(37)30-9-13-2-1-3-15(6-13)39-25(27)28)8-18(33-22(16)34)23(36)29-10-14-4-5-20-17(7-14)32-21(35)12-38-20/h1-8,11,25H,9-10,12H2,(H,29,36)(H,30,37)(H,32,35). The van der Waals surface area contributed by atoms with Crippen LogP contribution in [-0.2, 0) is 17.9 Å². The van der Waals surface area contributed by atoms with Crippen LogP contribution in [0.25, 0.3) is 5.65 Å². The molecule has 0 radical (unpaired) electrons. The third kappa shape index (κ3) is 5.74. The summed E-state index contributed by atoms with van der Waals surface area (Å²) in [6.07, 6.45) is 0.857. The average molecular weight is 540 g/mol. The van der Waals surface area contributed by atoms with Gasteiger partial charge in [-0.15, -0.1) is 0 Å². The fourth-order valence-corrected chi connectivity index (χ4v) is 3.83. The lowest BCUT2D eigenvalue weighted by Crippen LogP contribution is -2.29. The first-order valence-electron chi connectivity index (χ1n) is 11.5. The van der Waals surface area contributed by atoms with Crippen LogP contribution in [0.4, 0.5) is 18.9 Å². The van der Waals surface area contributed by atoms with Crippen LogP contribution in [0.1, 0.15) is 32.1 Å². The van der Waals surface area contributed by atoms with Crippen LogP contribution in [0.2, 0.25) is 0 Å². The highest BCUT2D eigenvalue weighted by molar-refractivity contribution is 5.98. The van der Waals surface area contributed by atoms with Gasteiger partial charge in [-0.1, -0.05) is 18.2 Å². The second kappa shape index (κ2) is 10.7.